The molecular formula is C15H13BrN4. The molecule has 20 heavy (non-hydrogen) atoms. The molecule has 0 fully saturated rings. The fraction of sp³-hybridized carbons (Fsp3) is 0.267. The van der Waals surface area contributed by atoms with Gasteiger partial charge in [-0.25, -0.2) is 9.97 Å². The summed E-state index contributed by atoms with van der Waals surface area (Å²) < 4.78 is 2.95. The van der Waals surface area contributed by atoms with Crippen molar-refractivity contribution in [3.05, 3.63) is 39.8 Å². The van der Waals surface area contributed by atoms with Gasteiger partial charge in [0.15, 0.2) is 5.65 Å². The monoisotopic (exact) mass is 328 g/mol. The second-order valence-corrected chi connectivity index (χ2v) is 6.13. The molecule has 0 aromatic carbocycles. The number of nitrogens with zero attached hydrogens (tertiary/aromatic N) is 4. The molecular weight excluding hydrogens is 316 g/mol. The minimum Gasteiger partial charge on any atom is -0.272 e. The normalized spacial score (nSPS) is 13.3. The summed E-state index contributed by atoms with van der Waals surface area (Å²) in [5.74, 6) is 0. The van der Waals surface area contributed by atoms with Gasteiger partial charge in [-0.15, -0.1) is 0 Å². The Balaban J connectivity index is 2.09. The first-order valence-corrected chi connectivity index (χ1v) is 7.40. The molecule has 0 spiro atoms. The van der Waals surface area contributed by atoms with Crippen molar-refractivity contribution in [2.24, 2.45) is 7.05 Å². The maximum Gasteiger partial charge on any atom is 0.160 e. The SMILES string of the molecule is Cc1c2c(nc3ncc(Br)cc13)-c1cnn(C)c1CC2. The molecule has 3 heterocycles. The molecule has 0 bridgehead atoms. The molecule has 4 rings (SSSR count). The summed E-state index contributed by atoms with van der Waals surface area (Å²) in [6.45, 7) is 2.17. The van der Waals surface area contributed by atoms with E-state index in [0.29, 0.717) is 0 Å². The van der Waals surface area contributed by atoms with Crippen LogP contribution in [0.15, 0.2) is 22.9 Å². The highest BCUT2D eigenvalue weighted by atomic mass is 79.9. The van der Waals surface area contributed by atoms with E-state index in [0.717, 1.165) is 39.6 Å². The summed E-state index contributed by atoms with van der Waals surface area (Å²) in [6.07, 6.45) is 5.76. The van der Waals surface area contributed by atoms with Crippen molar-refractivity contribution in [3.63, 3.8) is 0 Å². The second kappa shape index (κ2) is 4.12. The van der Waals surface area contributed by atoms with E-state index < -0.39 is 0 Å². The van der Waals surface area contributed by atoms with Gasteiger partial charge in [-0.05, 0) is 52.9 Å². The van der Waals surface area contributed by atoms with Gasteiger partial charge in [0.1, 0.15) is 0 Å². The van der Waals surface area contributed by atoms with Gasteiger partial charge in [-0.3, -0.25) is 4.68 Å². The molecule has 100 valence electrons. The van der Waals surface area contributed by atoms with Crippen molar-refractivity contribution in [1.82, 2.24) is 19.7 Å². The first kappa shape index (κ1) is 12.0. The summed E-state index contributed by atoms with van der Waals surface area (Å²) in [4.78, 5) is 9.23. The van der Waals surface area contributed by atoms with E-state index in [4.69, 9.17) is 4.98 Å². The molecule has 0 saturated carbocycles. The highest BCUT2D eigenvalue weighted by molar-refractivity contribution is 9.10. The van der Waals surface area contributed by atoms with Crippen molar-refractivity contribution < 1.29 is 0 Å². The number of aromatic nitrogens is 4. The number of aryl methyl sites for hydroxylation is 2. The predicted octanol–water partition coefficient (Wildman–Crippen LogP) is 3.20. The van der Waals surface area contributed by atoms with E-state index in [1.165, 1.54) is 16.8 Å². The number of halogens is 1. The largest absolute Gasteiger partial charge is 0.272 e. The molecule has 3 aromatic rings. The summed E-state index contributed by atoms with van der Waals surface area (Å²) >= 11 is 3.49. The van der Waals surface area contributed by atoms with Crippen molar-refractivity contribution in [2.45, 2.75) is 19.8 Å². The van der Waals surface area contributed by atoms with E-state index in [2.05, 4.69) is 39.0 Å². The molecule has 0 unspecified atom stereocenters. The Hall–Kier alpha value is -1.75. The fourth-order valence-electron chi connectivity index (χ4n) is 3.04. The Morgan fingerprint density at radius 3 is 2.95 bits per heavy atom. The molecule has 5 heteroatoms. The Kier molecular flexibility index (Phi) is 2.48. The van der Waals surface area contributed by atoms with Crippen molar-refractivity contribution in [3.8, 4) is 11.3 Å². The first-order chi connectivity index (χ1) is 9.65. The molecule has 3 aromatic heterocycles. The van der Waals surface area contributed by atoms with E-state index in [1.807, 2.05) is 17.9 Å². The van der Waals surface area contributed by atoms with E-state index >= 15 is 0 Å². The highest BCUT2D eigenvalue weighted by Gasteiger charge is 2.23. The van der Waals surface area contributed by atoms with Crippen LogP contribution in [0.3, 0.4) is 0 Å². The number of hydrogen-bond donors (Lipinski definition) is 0. The van der Waals surface area contributed by atoms with Gasteiger partial charge in [-0.1, -0.05) is 0 Å². The van der Waals surface area contributed by atoms with Gasteiger partial charge in [0.2, 0.25) is 0 Å². The van der Waals surface area contributed by atoms with Crippen molar-refractivity contribution in [1.29, 1.82) is 0 Å². The third-order valence-electron chi connectivity index (χ3n) is 4.12. The number of rotatable bonds is 0. The lowest BCUT2D eigenvalue weighted by molar-refractivity contribution is 0.699. The highest BCUT2D eigenvalue weighted by Crippen LogP contribution is 2.36. The second-order valence-electron chi connectivity index (χ2n) is 5.22. The summed E-state index contributed by atoms with van der Waals surface area (Å²) in [5, 5.41) is 5.50. The number of fused-ring (bicyclic) bond motifs is 4. The molecule has 1 aliphatic rings. The summed E-state index contributed by atoms with van der Waals surface area (Å²) in [7, 11) is 1.99. The van der Waals surface area contributed by atoms with Gasteiger partial charge in [0.05, 0.1) is 11.9 Å². The quantitative estimate of drug-likeness (QED) is 0.636. The van der Waals surface area contributed by atoms with E-state index in [1.54, 1.807) is 6.20 Å². The zero-order valence-corrected chi connectivity index (χ0v) is 12.9. The Morgan fingerprint density at radius 2 is 2.10 bits per heavy atom. The van der Waals surface area contributed by atoms with Crippen LogP contribution in [0.25, 0.3) is 22.3 Å². The van der Waals surface area contributed by atoms with Crippen molar-refractivity contribution in [2.75, 3.05) is 0 Å². The molecule has 0 N–H and O–H groups in total. The fourth-order valence-corrected chi connectivity index (χ4v) is 3.37. The Morgan fingerprint density at radius 1 is 1.25 bits per heavy atom. The van der Waals surface area contributed by atoms with Crippen LogP contribution in [0.4, 0.5) is 0 Å². The molecule has 0 amide bonds. The summed E-state index contributed by atoms with van der Waals surface area (Å²) in [6, 6.07) is 2.10. The van der Waals surface area contributed by atoms with Crippen LogP contribution in [0.5, 0.6) is 0 Å². The van der Waals surface area contributed by atoms with Crippen molar-refractivity contribution >= 4 is 27.0 Å². The Bertz CT molecular complexity index is 851. The van der Waals surface area contributed by atoms with Crippen LogP contribution >= 0.6 is 15.9 Å². The topological polar surface area (TPSA) is 43.6 Å². The smallest absolute Gasteiger partial charge is 0.160 e. The van der Waals surface area contributed by atoms with Gasteiger partial charge >= 0.3 is 0 Å². The lowest BCUT2D eigenvalue weighted by atomic mass is 9.90. The average Bonchev–Trinajstić information content (AvgIpc) is 2.82. The first-order valence-electron chi connectivity index (χ1n) is 6.61. The van der Waals surface area contributed by atoms with Crippen LogP contribution < -0.4 is 0 Å². The third-order valence-corrected chi connectivity index (χ3v) is 4.56. The van der Waals surface area contributed by atoms with Crippen LogP contribution in [-0.2, 0) is 19.9 Å². The van der Waals surface area contributed by atoms with Gasteiger partial charge in [0, 0.05) is 34.4 Å². The lowest BCUT2D eigenvalue weighted by Crippen LogP contribution is -2.10. The molecule has 0 saturated heterocycles. The van der Waals surface area contributed by atoms with E-state index in [9.17, 15) is 0 Å². The molecule has 0 radical (unpaired) electrons. The van der Waals surface area contributed by atoms with Gasteiger partial charge in [-0.2, -0.15) is 5.10 Å². The molecule has 0 aliphatic heterocycles. The minimum atomic E-state index is 0.807. The van der Waals surface area contributed by atoms with E-state index in [-0.39, 0.29) is 0 Å². The van der Waals surface area contributed by atoms with Crippen LogP contribution in [0.1, 0.15) is 16.8 Å². The Labute approximate surface area is 125 Å². The standard InChI is InChI=1S/C15H13BrN4/c1-8-10-3-4-13-12(7-18-20(13)2)14(10)19-15-11(8)5-9(16)6-17-15/h5-7H,3-4H2,1-2H3. The molecule has 0 atom stereocenters. The lowest BCUT2D eigenvalue weighted by Gasteiger charge is -2.19. The van der Waals surface area contributed by atoms with Gasteiger partial charge < -0.3 is 0 Å². The molecule has 1 aliphatic carbocycles. The maximum absolute atomic E-state index is 4.79. The zero-order chi connectivity index (χ0) is 13.9. The zero-order valence-electron chi connectivity index (χ0n) is 11.3. The minimum absolute atomic E-state index is 0.807. The molecule has 4 nitrogen and oxygen atoms in total. The number of pyridine rings is 2. The summed E-state index contributed by atoms with van der Waals surface area (Å²) in [5.41, 5.74) is 6.90. The van der Waals surface area contributed by atoms with Crippen LogP contribution in [0.2, 0.25) is 0 Å². The number of hydrogen-bond acceptors (Lipinski definition) is 3. The van der Waals surface area contributed by atoms with Crippen LogP contribution in [0, 0.1) is 6.92 Å². The average molecular weight is 329 g/mol. The van der Waals surface area contributed by atoms with Gasteiger partial charge in [0.25, 0.3) is 0 Å². The third kappa shape index (κ3) is 1.56. The maximum atomic E-state index is 4.79. The van der Waals surface area contributed by atoms with Crippen LogP contribution in [-0.4, -0.2) is 19.7 Å². The predicted molar refractivity (Wildman–Crippen MR) is 81.6 cm³/mol.